The molecule has 3 amide bonds. The summed E-state index contributed by atoms with van der Waals surface area (Å²) in [5.41, 5.74) is -0.0475. The minimum atomic E-state index is -3.95. The minimum Gasteiger partial charge on any atom is -0.471 e. The quantitative estimate of drug-likeness (QED) is 0.213. The van der Waals surface area contributed by atoms with Crippen molar-refractivity contribution in [1.82, 2.24) is 35.4 Å². The van der Waals surface area contributed by atoms with E-state index >= 15 is 0 Å². The zero-order chi connectivity index (χ0) is 38.0. The first-order valence-electron chi connectivity index (χ1n) is 18.3. The maximum Gasteiger partial charge on any atom is 0.260 e. The molecule has 54 heavy (non-hydrogen) atoms. The Morgan fingerprint density at radius 1 is 1.09 bits per heavy atom. The number of methoxy groups -OCH3 is 1. The topological polar surface area (TPSA) is 195 Å². The van der Waals surface area contributed by atoms with Crippen molar-refractivity contribution in [2.75, 3.05) is 13.7 Å². The second kappa shape index (κ2) is 15.5. The predicted octanol–water partition coefficient (Wildman–Crippen LogP) is 3.28. The molecule has 2 unspecified atom stereocenters. The normalized spacial score (nSPS) is 27.7. The van der Waals surface area contributed by atoms with Gasteiger partial charge in [-0.1, -0.05) is 42.3 Å². The second-order valence-corrected chi connectivity index (χ2v) is 16.3. The van der Waals surface area contributed by atoms with Gasteiger partial charge in [-0.2, -0.15) is 0 Å². The van der Waals surface area contributed by atoms with Gasteiger partial charge in [0.1, 0.15) is 41.2 Å². The molecule has 2 aliphatic carbocycles. The van der Waals surface area contributed by atoms with Crippen LogP contribution in [0.2, 0.25) is 0 Å². The van der Waals surface area contributed by atoms with Crippen LogP contribution in [0.25, 0.3) is 11.0 Å². The number of carbonyl (C=O) groups excluding carboxylic acids is 3. The minimum absolute atomic E-state index is 0.00952. The van der Waals surface area contributed by atoms with E-state index in [1.807, 2.05) is 12.2 Å². The highest BCUT2D eigenvalue weighted by atomic mass is 32.2. The number of ether oxygens (including phenoxy) is 2. The highest BCUT2D eigenvalue weighted by Gasteiger charge is 2.52. The predicted molar refractivity (Wildman–Crippen MR) is 192 cm³/mol. The molecule has 2 fully saturated rings. The number of fused-ring (bicyclic) bond motifs is 3. The highest BCUT2D eigenvalue weighted by Crippen LogP contribution is 2.36. The number of benzene rings is 1. The van der Waals surface area contributed by atoms with Crippen LogP contribution in [0, 0.1) is 18.7 Å². The van der Waals surface area contributed by atoms with Gasteiger partial charge in [-0.05, 0) is 57.6 Å². The molecule has 0 bridgehead atoms. The van der Waals surface area contributed by atoms with Crippen molar-refractivity contribution in [1.29, 1.82) is 0 Å². The molecule has 3 aromatic rings. The number of halogens is 1. The zero-order valence-electron chi connectivity index (χ0n) is 30.1. The van der Waals surface area contributed by atoms with Crippen molar-refractivity contribution in [3.05, 3.63) is 72.0 Å². The Morgan fingerprint density at radius 3 is 2.67 bits per heavy atom. The average Bonchev–Trinajstić information content (AvgIpc) is 3.50. The van der Waals surface area contributed by atoms with Crippen molar-refractivity contribution in [3.63, 3.8) is 0 Å². The maximum atomic E-state index is 14.7. The van der Waals surface area contributed by atoms with E-state index in [1.54, 1.807) is 25.1 Å². The zero-order valence-corrected chi connectivity index (χ0v) is 30.9. The first-order chi connectivity index (χ1) is 26.0. The standard InChI is InChI=1S/C37H44FN7O8S/c1-22-33(41-30-19-24(38)12-15-27(30)39-22)53-25-20-31-32(46)42-37(36(48)44-54(49,50)26-13-14-26)17-8-10-23(37)9-6-4-3-5-7-11-29(35(47)45(31)21-25)40-34(51-2)28-16-18-52-43-28/h6,8-10,12,15-16,18-19,23,25-26,29,31,34,40H,3-5,7,11,13-14,17,20-21H2,1-2H3,(H,42,46)(H,44,48)/b9-6-/t23?,25-,29+,31+,34?,37-/m1/s1. The Balaban J connectivity index is 1.23. The van der Waals surface area contributed by atoms with Crippen LogP contribution in [-0.2, 0) is 29.1 Å². The lowest BCUT2D eigenvalue weighted by atomic mass is 9.84. The van der Waals surface area contributed by atoms with Gasteiger partial charge < -0.3 is 24.2 Å². The number of sulfonamides is 1. The number of hydrogen-bond acceptors (Lipinski definition) is 12. The number of carbonyl (C=O) groups is 3. The van der Waals surface area contributed by atoms with Crippen LogP contribution in [0.5, 0.6) is 5.88 Å². The second-order valence-electron chi connectivity index (χ2n) is 14.3. The molecule has 1 saturated heterocycles. The summed E-state index contributed by atoms with van der Waals surface area (Å²) in [6, 6.07) is 3.72. The van der Waals surface area contributed by atoms with Crippen molar-refractivity contribution in [2.24, 2.45) is 5.92 Å². The Bertz CT molecular complexity index is 2060. The Kier molecular flexibility index (Phi) is 10.8. The number of allylic oxidation sites excluding steroid dienone is 1. The van der Waals surface area contributed by atoms with Gasteiger partial charge in [0.15, 0.2) is 6.23 Å². The third-order valence-corrected chi connectivity index (χ3v) is 12.3. The van der Waals surface area contributed by atoms with E-state index in [-0.39, 0.29) is 30.8 Å². The molecular weight excluding hydrogens is 722 g/mol. The molecule has 288 valence electrons. The van der Waals surface area contributed by atoms with Crippen LogP contribution in [-0.4, -0.2) is 88.8 Å². The summed E-state index contributed by atoms with van der Waals surface area (Å²) in [7, 11) is -2.47. The third kappa shape index (κ3) is 7.88. The molecular formula is C37H44FN7O8S. The van der Waals surface area contributed by atoms with Gasteiger partial charge in [0.2, 0.25) is 27.7 Å². The Morgan fingerprint density at radius 2 is 1.91 bits per heavy atom. The number of aryl methyl sites for hydroxylation is 1. The van der Waals surface area contributed by atoms with Crippen LogP contribution < -0.4 is 20.1 Å². The first-order valence-corrected chi connectivity index (χ1v) is 19.8. The summed E-state index contributed by atoms with van der Waals surface area (Å²) in [6.07, 6.45) is 11.5. The largest absolute Gasteiger partial charge is 0.471 e. The van der Waals surface area contributed by atoms with Crippen LogP contribution in [0.4, 0.5) is 4.39 Å². The van der Waals surface area contributed by atoms with E-state index in [1.165, 1.54) is 36.5 Å². The lowest BCUT2D eigenvalue weighted by Gasteiger charge is -2.36. The van der Waals surface area contributed by atoms with Crippen LogP contribution >= 0.6 is 0 Å². The summed E-state index contributed by atoms with van der Waals surface area (Å²) >= 11 is 0. The molecule has 3 N–H and O–H groups in total. The SMILES string of the molecule is COC(N[C@H]1CCCCC/C=C\C2C=CC[C@@]2(C(=O)NS(=O)(=O)C2CC2)NC(=O)[C@@H]2C[C@@H](Oc3nc4cc(F)ccc4nc3C)CN2C1=O)c1ccon1. The van der Waals surface area contributed by atoms with Crippen molar-refractivity contribution in [2.45, 2.75) is 99.9 Å². The lowest BCUT2D eigenvalue weighted by Crippen LogP contribution is -2.64. The van der Waals surface area contributed by atoms with Crippen LogP contribution in [0.15, 0.2) is 59.4 Å². The molecule has 15 nitrogen and oxygen atoms in total. The Labute approximate surface area is 312 Å². The van der Waals surface area contributed by atoms with E-state index < -0.39 is 74.7 Å². The van der Waals surface area contributed by atoms with Gasteiger partial charge in [0.25, 0.3) is 5.91 Å². The molecule has 1 saturated carbocycles. The molecule has 0 radical (unpaired) electrons. The summed E-state index contributed by atoms with van der Waals surface area (Å²) in [4.78, 5) is 53.8. The van der Waals surface area contributed by atoms with E-state index in [0.29, 0.717) is 49.0 Å². The first kappa shape index (κ1) is 37.6. The number of nitrogens with zero attached hydrogens (tertiary/aromatic N) is 4. The Hall–Kier alpha value is -4.74. The molecule has 2 aliphatic heterocycles. The third-order valence-electron chi connectivity index (χ3n) is 10.5. The molecule has 6 atom stereocenters. The van der Waals surface area contributed by atoms with E-state index in [0.717, 1.165) is 12.8 Å². The lowest BCUT2D eigenvalue weighted by molar-refractivity contribution is -0.143. The summed E-state index contributed by atoms with van der Waals surface area (Å²) in [5, 5.41) is 9.52. The van der Waals surface area contributed by atoms with Gasteiger partial charge in [-0.25, -0.2) is 22.8 Å². The number of hydrogen-bond donors (Lipinski definition) is 3. The smallest absolute Gasteiger partial charge is 0.260 e. The highest BCUT2D eigenvalue weighted by molar-refractivity contribution is 7.91. The van der Waals surface area contributed by atoms with Gasteiger partial charge in [0.05, 0.1) is 28.9 Å². The van der Waals surface area contributed by atoms with Gasteiger partial charge in [0, 0.05) is 31.6 Å². The average molecular weight is 766 g/mol. The van der Waals surface area contributed by atoms with E-state index in [2.05, 4.69) is 30.5 Å². The summed E-state index contributed by atoms with van der Waals surface area (Å²) < 4.78 is 59.4. The van der Waals surface area contributed by atoms with Crippen LogP contribution in [0.1, 0.15) is 75.4 Å². The monoisotopic (exact) mass is 765 g/mol. The van der Waals surface area contributed by atoms with Crippen molar-refractivity contribution in [3.8, 4) is 5.88 Å². The number of rotatable bonds is 9. The summed E-state index contributed by atoms with van der Waals surface area (Å²) in [5.74, 6) is -2.89. The number of aromatic nitrogens is 3. The maximum absolute atomic E-state index is 14.7. The van der Waals surface area contributed by atoms with Gasteiger partial charge in [-0.3, -0.25) is 24.4 Å². The fourth-order valence-electron chi connectivity index (χ4n) is 7.42. The van der Waals surface area contributed by atoms with Gasteiger partial charge in [-0.15, -0.1) is 0 Å². The van der Waals surface area contributed by atoms with Gasteiger partial charge >= 0.3 is 0 Å². The number of amides is 3. The molecule has 4 heterocycles. The molecule has 1 aromatic carbocycles. The fourth-order valence-corrected chi connectivity index (χ4v) is 8.78. The summed E-state index contributed by atoms with van der Waals surface area (Å²) in [6.45, 7) is 1.67. The van der Waals surface area contributed by atoms with E-state index in [4.69, 9.17) is 14.0 Å². The van der Waals surface area contributed by atoms with Crippen molar-refractivity contribution >= 4 is 38.8 Å². The van der Waals surface area contributed by atoms with E-state index in [9.17, 15) is 27.2 Å². The number of nitrogens with one attached hydrogen (secondary N) is 3. The van der Waals surface area contributed by atoms with Crippen molar-refractivity contribution < 1.29 is 41.2 Å². The molecule has 0 spiro atoms. The van der Waals surface area contributed by atoms with Crippen LogP contribution in [0.3, 0.4) is 0 Å². The fraction of sp³-hybridized carbons (Fsp3) is 0.514. The molecule has 4 aliphatic rings. The molecule has 2 aromatic heterocycles. The molecule has 7 rings (SSSR count). The molecule has 17 heteroatoms.